The Bertz CT molecular complexity index is 1520. The number of hydrogen-bond donors (Lipinski definition) is 2. The maximum atomic E-state index is 5.22. The van der Waals surface area contributed by atoms with Gasteiger partial charge >= 0.3 is 0 Å². The highest BCUT2D eigenvalue weighted by Gasteiger charge is 2.17. The summed E-state index contributed by atoms with van der Waals surface area (Å²) in [4.78, 5) is 17.1. The third-order valence-electron chi connectivity index (χ3n) is 5.50. The van der Waals surface area contributed by atoms with E-state index in [9.17, 15) is 0 Å². The molecule has 0 saturated carbocycles. The van der Waals surface area contributed by atoms with Gasteiger partial charge in [-0.2, -0.15) is 5.10 Å². The molecule has 0 fully saturated rings. The first kappa shape index (κ1) is 16.7. The standard InChI is InChI=1S/C22H17N7O/c1-12-24-10-18(29(12)2)13-3-4-16-15(9-13)20(28-27-16)22-25-17-5-7-23-19(21(17)26-22)14-6-8-30-11-14/h3-11H,1-2H3,(H,25,26)(H,27,28). The average Bonchev–Trinajstić information content (AvgIpc) is 3.54. The number of imidazole rings is 2. The van der Waals surface area contributed by atoms with Gasteiger partial charge in [-0.15, -0.1) is 0 Å². The van der Waals surface area contributed by atoms with E-state index < -0.39 is 0 Å². The minimum Gasteiger partial charge on any atom is -0.472 e. The zero-order valence-corrected chi connectivity index (χ0v) is 16.3. The van der Waals surface area contributed by atoms with E-state index in [1.165, 1.54) is 0 Å². The normalized spacial score (nSPS) is 11.7. The number of H-pyrrole nitrogens is 2. The van der Waals surface area contributed by atoms with Crippen molar-refractivity contribution in [2.75, 3.05) is 0 Å². The van der Waals surface area contributed by atoms with Gasteiger partial charge in [-0.05, 0) is 31.2 Å². The van der Waals surface area contributed by atoms with Gasteiger partial charge in [-0.25, -0.2) is 9.97 Å². The Hall–Kier alpha value is -4.20. The molecule has 0 amide bonds. The van der Waals surface area contributed by atoms with E-state index in [0.29, 0.717) is 5.82 Å². The van der Waals surface area contributed by atoms with E-state index in [4.69, 9.17) is 9.40 Å². The minimum absolute atomic E-state index is 0.687. The molecule has 0 atom stereocenters. The summed E-state index contributed by atoms with van der Waals surface area (Å²) in [5.74, 6) is 1.65. The maximum Gasteiger partial charge on any atom is 0.159 e. The van der Waals surface area contributed by atoms with Crippen molar-refractivity contribution < 1.29 is 4.42 Å². The number of aromatic nitrogens is 7. The molecular formula is C22H17N7O. The van der Waals surface area contributed by atoms with Crippen LogP contribution in [-0.4, -0.2) is 34.7 Å². The summed E-state index contributed by atoms with van der Waals surface area (Å²) >= 11 is 0. The first-order valence-corrected chi connectivity index (χ1v) is 9.53. The van der Waals surface area contributed by atoms with Crippen molar-refractivity contribution in [2.24, 2.45) is 7.05 Å². The van der Waals surface area contributed by atoms with Gasteiger partial charge in [0.2, 0.25) is 0 Å². The molecule has 0 radical (unpaired) electrons. The van der Waals surface area contributed by atoms with Gasteiger partial charge in [0, 0.05) is 29.8 Å². The number of fused-ring (bicyclic) bond motifs is 2. The molecule has 8 nitrogen and oxygen atoms in total. The van der Waals surface area contributed by atoms with E-state index in [0.717, 1.165) is 56.0 Å². The lowest BCUT2D eigenvalue weighted by molar-refractivity contribution is 0.568. The van der Waals surface area contributed by atoms with Gasteiger partial charge in [0.1, 0.15) is 22.7 Å². The number of nitrogens with one attached hydrogen (secondary N) is 2. The summed E-state index contributed by atoms with van der Waals surface area (Å²) in [7, 11) is 2.02. The van der Waals surface area contributed by atoms with Crippen LogP contribution < -0.4 is 0 Å². The van der Waals surface area contributed by atoms with Crippen LogP contribution in [0.1, 0.15) is 5.82 Å². The molecule has 30 heavy (non-hydrogen) atoms. The van der Waals surface area contributed by atoms with Crippen molar-refractivity contribution in [3.8, 4) is 34.0 Å². The Morgan fingerprint density at radius 1 is 1.00 bits per heavy atom. The Morgan fingerprint density at radius 3 is 2.73 bits per heavy atom. The van der Waals surface area contributed by atoms with Crippen molar-refractivity contribution in [2.45, 2.75) is 6.92 Å². The summed E-state index contributed by atoms with van der Waals surface area (Å²) in [6, 6.07) is 10.0. The van der Waals surface area contributed by atoms with Crippen molar-refractivity contribution in [3.05, 3.63) is 61.1 Å². The van der Waals surface area contributed by atoms with E-state index in [1.54, 1.807) is 18.7 Å². The van der Waals surface area contributed by atoms with Crippen LogP contribution in [-0.2, 0) is 7.05 Å². The molecule has 2 N–H and O–H groups in total. The summed E-state index contributed by atoms with van der Waals surface area (Å²) in [6.45, 7) is 1.99. The Kier molecular flexibility index (Phi) is 3.43. The summed E-state index contributed by atoms with van der Waals surface area (Å²) < 4.78 is 7.29. The van der Waals surface area contributed by atoms with Crippen LogP contribution in [0.25, 0.3) is 56.0 Å². The molecule has 0 aliphatic heterocycles. The maximum absolute atomic E-state index is 5.22. The Balaban J connectivity index is 1.53. The predicted molar refractivity (Wildman–Crippen MR) is 114 cm³/mol. The Morgan fingerprint density at radius 2 is 1.93 bits per heavy atom. The predicted octanol–water partition coefficient (Wildman–Crippen LogP) is 4.47. The van der Waals surface area contributed by atoms with Gasteiger partial charge in [0.25, 0.3) is 0 Å². The lowest BCUT2D eigenvalue weighted by Crippen LogP contribution is -1.94. The average molecular weight is 395 g/mol. The third-order valence-corrected chi connectivity index (χ3v) is 5.50. The van der Waals surface area contributed by atoms with Crippen LogP contribution in [0.15, 0.2) is 59.7 Å². The molecule has 6 rings (SSSR count). The van der Waals surface area contributed by atoms with Gasteiger partial charge < -0.3 is 14.0 Å². The molecule has 146 valence electrons. The van der Waals surface area contributed by atoms with Gasteiger partial charge in [-0.1, -0.05) is 6.07 Å². The van der Waals surface area contributed by atoms with Crippen LogP contribution in [0.5, 0.6) is 0 Å². The molecule has 5 aromatic heterocycles. The first-order chi connectivity index (χ1) is 14.7. The lowest BCUT2D eigenvalue weighted by atomic mass is 10.1. The fraction of sp³-hybridized carbons (Fsp3) is 0.0909. The van der Waals surface area contributed by atoms with Crippen LogP contribution >= 0.6 is 0 Å². The van der Waals surface area contributed by atoms with Gasteiger partial charge in [0.15, 0.2) is 5.82 Å². The number of aryl methyl sites for hydroxylation is 1. The number of furan rings is 1. The summed E-state index contributed by atoms with van der Waals surface area (Å²) in [5.41, 5.74) is 7.17. The van der Waals surface area contributed by atoms with Crippen molar-refractivity contribution in [1.29, 1.82) is 0 Å². The minimum atomic E-state index is 0.687. The molecule has 0 bridgehead atoms. The molecule has 0 aliphatic carbocycles. The fourth-order valence-electron chi connectivity index (χ4n) is 3.78. The first-order valence-electron chi connectivity index (χ1n) is 9.53. The second-order valence-corrected chi connectivity index (χ2v) is 7.24. The second kappa shape index (κ2) is 6.15. The molecule has 0 spiro atoms. The molecule has 6 aromatic rings. The zero-order chi connectivity index (χ0) is 20.2. The number of aromatic amines is 2. The largest absolute Gasteiger partial charge is 0.472 e. The molecule has 8 heteroatoms. The Labute approximate surface area is 170 Å². The highest BCUT2D eigenvalue weighted by atomic mass is 16.3. The topological polar surface area (TPSA) is 101 Å². The highest BCUT2D eigenvalue weighted by Crippen LogP contribution is 2.32. The van der Waals surface area contributed by atoms with Crippen molar-refractivity contribution in [3.63, 3.8) is 0 Å². The number of pyridine rings is 1. The van der Waals surface area contributed by atoms with Crippen LogP contribution in [0, 0.1) is 6.92 Å². The summed E-state index contributed by atoms with van der Waals surface area (Å²) in [5, 5.41) is 8.63. The van der Waals surface area contributed by atoms with Crippen LogP contribution in [0.4, 0.5) is 0 Å². The van der Waals surface area contributed by atoms with E-state index in [-0.39, 0.29) is 0 Å². The summed E-state index contributed by atoms with van der Waals surface area (Å²) in [6.07, 6.45) is 6.95. The van der Waals surface area contributed by atoms with E-state index in [2.05, 4.69) is 41.8 Å². The molecule has 1 aromatic carbocycles. The second-order valence-electron chi connectivity index (χ2n) is 7.24. The lowest BCUT2D eigenvalue weighted by Gasteiger charge is -2.04. The highest BCUT2D eigenvalue weighted by molar-refractivity contribution is 5.97. The number of rotatable bonds is 3. The molecular weight excluding hydrogens is 378 g/mol. The molecule has 5 heterocycles. The third kappa shape index (κ3) is 2.40. The van der Waals surface area contributed by atoms with Crippen molar-refractivity contribution in [1.82, 2.24) is 34.7 Å². The fourth-order valence-corrected chi connectivity index (χ4v) is 3.78. The number of nitrogens with zero attached hydrogens (tertiary/aromatic N) is 5. The quantitative estimate of drug-likeness (QED) is 0.460. The zero-order valence-electron chi connectivity index (χ0n) is 16.3. The van der Waals surface area contributed by atoms with Crippen molar-refractivity contribution >= 4 is 21.9 Å². The number of benzene rings is 1. The molecule has 0 unspecified atom stereocenters. The van der Waals surface area contributed by atoms with Crippen LogP contribution in [0.2, 0.25) is 0 Å². The SMILES string of the molecule is Cc1ncc(-c2ccc3[nH]nc(-c4nc5c(-c6ccoc6)nccc5[nH]4)c3c2)n1C. The number of hydrogen-bond acceptors (Lipinski definition) is 5. The van der Waals surface area contributed by atoms with Gasteiger partial charge in [-0.3, -0.25) is 10.1 Å². The molecule has 0 saturated heterocycles. The van der Waals surface area contributed by atoms with E-state index in [1.807, 2.05) is 38.4 Å². The monoisotopic (exact) mass is 395 g/mol. The van der Waals surface area contributed by atoms with Crippen LogP contribution in [0.3, 0.4) is 0 Å². The molecule has 0 aliphatic rings. The van der Waals surface area contributed by atoms with Gasteiger partial charge in [0.05, 0.1) is 35.5 Å². The van der Waals surface area contributed by atoms with E-state index >= 15 is 0 Å². The smallest absolute Gasteiger partial charge is 0.159 e.